The largest absolute Gasteiger partial charge is 0.468 e. The number of ether oxygens (including phenoxy) is 1. The molecule has 4 heteroatoms. The lowest BCUT2D eigenvalue weighted by atomic mass is 9.94. The summed E-state index contributed by atoms with van der Waals surface area (Å²) in [6.45, 7) is 0. The minimum absolute atomic E-state index is 0.177. The molecule has 0 unspecified atom stereocenters. The molecule has 2 saturated carbocycles. The van der Waals surface area contributed by atoms with E-state index in [0.717, 1.165) is 48.1 Å². The third-order valence-electron chi connectivity index (χ3n) is 5.32. The summed E-state index contributed by atoms with van der Waals surface area (Å²) in [4.78, 5) is 16.5. The van der Waals surface area contributed by atoms with E-state index < -0.39 is 5.41 Å². The highest BCUT2D eigenvalue weighted by Gasteiger charge is 2.52. The fourth-order valence-corrected chi connectivity index (χ4v) is 3.34. The van der Waals surface area contributed by atoms with Gasteiger partial charge in [0.1, 0.15) is 0 Å². The van der Waals surface area contributed by atoms with Gasteiger partial charge in [-0.2, -0.15) is 5.26 Å². The Labute approximate surface area is 141 Å². The van der Waals surface area contributed by atoms with Crippen LogP contribution in [0.4, 0.5) is 0 Å². The maximum absolute atomic E-state index is 12.0. The second-order valence-electron chi connectivity index (χ2n) is 6.78. The Kier molecular flexibility index (Phi) is 3.21. The van der Waals surface area contributed by atoms with Gasteiger partial charge in [0.05, 0.1) is 29.7 Å². The SMILES string of the molecule is COC(=O)C1(c2ccc(-c3cccc(C4(C#N)CC4)c3)nc2)CC1. The summed E-state index contributed by atoms with van der Waals surface area (Å²) in [5, 5.41) is 9.37. The van der Waals surface area contributed by atoms with Crippen LogP contribution in [0.5, 0.6) is 0 Å². The van der Waals surface area contributed by atoms with Crippen LogP contribution in [0.15, 0.2) is 42.6 Å². The van der Waals surface area contributed by atoms with Crippen LogP contribution in [0.25, 0.3) is 11.3 Å². The molecule has 0 amide bonds. The first kappa shape index (κ1) is 14.9. The smallest absolute Gasteiger partial charge is 0.316 e. The van der Waals surface area contributed by atoms with Gasteiger partial charge in [-0.25, -0.2) is 0 Å². The average molecular weight is 318 g/mol. The summed E-state index contributed by atoms with van der Waals surface area (Å²) in [6, 6.07) is 14.4. The second kappa shape index (κ2) is 5.17. The highest BCUT2D eigenvalue weighted by Crippen LogP contribution is 2.49. The van der Waals surface area contributed by atoms with Crippen molar-refractivity contribution in [2.24, 2.45) is 0 Å². The monoisotopic (exact) mass is 318 g/mol. The van der Waals surface area contributed by atoms with E-state index in [1.54, 1.807) is 6.20 Å². The van der Waals surface area contributed by atoms with Crippen LogP contribution >= 0.6 is 0 Å². The molecule has 1 aromatic heterocycles. The van der Waals surface area contributed by atoms with Crippen LogP contribution in [-0.4, -0.2) is 18.1 Å². The third-order valence-corrected chi connectivity index (χ3v) is 5.32. The standard InChI is InChI=1S/C20H18N2O2/c1-24-18(23)20(9-10-20)16-5-6-17(22-12-16)14-3-2-4-15(11-14)19(13-21)7-8-19/h2-6,11-12H,7-10H2,1H3. The Balaban J connectivity index is 1.64. The van der Waals surface area contributed by atoms with E-state index in [4.69, 9.17) is 4.74 Å². The van der Waals surface area contributed by atoms with Gasteiger partial charge in [-0.05, 0) is 48.9 Å². The Morgan fingerprint density at radius 3 is 2.50 bits per heavy atom. The van der Waals surface area contributed by atoms with Crippen molar-refractivity contribution in [3.8, 4) is 17.3 Å². The normalized spacial score (nSPS) is 19.2. The molecule has 0 bridgehead atoms. The van der Waals surface area contributed by atoms with Crippen LogP contribution in [0.1, 0.15) is 36.8 Å². The minimum Gasteiger partial charge on any atom is -0.468 e. The number of carbonyl (C=O) groups excluding carboxylic acids is 1. The van der Waals surface area contributed by atoms with Crippen molar-refractivity contribution >= 4 is 5.97 Å². The number of benzene rings is 1. The van der Waals surface area contributed by atoms with E-state index in [9.17, 15) is 10.1 Å². The predicted octanol–water partition coefficient (Wildman–Crippen LogP) is 3.51. The molecule has 2 aromatic rings. The molecule has 0 aliphatic heterocycles. The summed E-state index contributed by atoms with van der Waals surface area (Å²) in [5.74, 6) is -0.177. The second-order valence-corrected chi connectivity index (χ2v) is 6.78. The summed E-state index contributed by atoms with van der Waals surface area (Å²) >= 11 is 0. The molecular formula is C20H18N2O2. The van der Waals surface area contributed by atoms with Crippen molar-refractivity contribution in [2.75, 3.05) is 7.11 Å². The molecule has 0 saturated heterocycles. The van der Waals surface area contributed by atoms with Crippen LogP contribution in [0.2, 0.25) is 0 Å². The quantitative estimate of drug-likeness (QED) is 0.809. The number of nitrogens with zero attached hydrogens (tertiary/aromatic N) is 2. The molecule has 2 aliphatic rings. The highest BCUT2D eigenvalue weighted by molar-refractivity contribution is 5.86. The maximum Gasteiger partial charge on any atom is 0.316 e. The first-order valence-electron chi connectivity index (χ1n) is 8.21. The Morgan fingerprint density at radius 2 is 1.96 bits per heavy atom. The lowest BCUT2D eigenvalue weighted by Crippen LogP contribution is -2.21. The third kappa shape index (κ3) is 2.20. The number of rotatable bonds is 4. The van der Waals surface area contributed by atoms with E-state index in [1.807, 2.05) is 30.3 Å². The molecular weight excluding hydrogens is 300 g/mol. The number of methoxy groups -OCH3 is 1. The van der Waals surface area contributed by atoms with Gasteiger partial charge in [0.15, 0.2) is 0 Å². The summed E-state index contributed by atoms with van der Waals surface area (Å²) in [5.41, 5.74) is 3.07. The molecule has 0 N–H and O–H groups in total. The molecule has 0 radical (unpaired) electrons. The molecule has 0 atom stereocenters. The molecule has 2 aliphatic carbocycles. The van der Waals surface area contributed by atoms with Gasteiger partial charge in [-0.1, -0.05) is 24.3 Å². The van der Waals surface area contributed by atoms with Crippen molar-refractivity contribution in [3.63, 3.8) is 0 Å². The number of carbonyl (C=O) groups is 1. The summed E-state index contributed by atoms with van der Waals surface area (Å²) < 4.78 is 4.92. The van der Waals surface area contributed by atoms with Gasteiger partial charge < -0.3 is 4.74 Å². The molecule has 4 rings (SSSR count). The predicted molar refractivity (Wildman–Crippen MR) is 89.1 cm³/mol. The van der Waals surface area contributed by atoms with Gasteiger partial charge >= 0.3 is 5.97 Å². The lowest BCUT2D eigenvalue weighted by Gasteiger charge is -2.13. The minimum atomic E-state index is -0.485. The number of hydrogen-bond acceptors (Lipinski definition) is 4. The molecule has 1 aromatic carbocycles. The van der Waals surface area contributed by atoms with Crippen LogP contribution < -0.4 is 0 Å². The van der Waals surface area contributed by atoms with Crippen molar-refractivity contribution in [3.05, 3.63) is 53.7 Å². The zero-order valence-corrected chi connectivity index (χ0v) is 13.6. The fourth-order valence-electron chi connectivity index (χ4n) is 3.34. The molecule has 2 fully saturated rings. The van der Waals surface area contributed by atoms with Crippen molar-refractivity contribution < 1.29 is 9.53 Å². The van der Waals surface area contributed by atoms with Gasteiger partial charge in [-0.3, -0.25) is 9.78 Å². The van der Waals surface area contributed by atoms with Gasteiger partial charge in [0.25, 0.3) is 0 Å². The lowest BCUT2D eigenvalue weighted by molar-refractivity contribution is -0.143. The summed E-state index contributed by atoms with van der Waals surface area (Å²) in [6.07, 6.45) is 5.28. The van der Waals surface area contributed by atoms with Crippen molar-refractivity contribution in [1.29, 1.82) is 5.26 Å². The Hall–Kier alpha value is -2.67. The number of hydrogen-bond donors (Lipinski definition) is 0. The zero-order valence-electron chi connectivity index (χ0n) is 13.6. The molecule has 1 heterocycles. The Bertz CT molecular complexity index is 841. The molecule has 4 nitrogen and oxygen atoms in total. The van der Waals surface area contributed by atoms with Crippen LogP contribution in [0, 0.1) is 11.3 Å². The Morgan fingerprint density at radius 1 is 1.17 bits per heavy atom. The first-order valence-corrected chi connectivity index (χ1v) is 8.21. The average Bonchev–Trinajstić information content (AvgIpc) is 3.56. The van der Waals surface area contributed by atoms with E-state index >= 15 is 0 Å². The molecule has 24 heavy (non-hydrogen) atoms. The molecule has 120 valence electrons. The number of aromatic nitrogens is 1. The van der Waals surface area contributed by atoms with Gasteiger partial charge in [0.2, 0.25) is 0 Å². The first-order chi connectivity index (χ1) is 11.6. The topological polar surface area (TPSA) is 63.0 Å². The van der Waals surface area contributed by atoms with E-state index in [-0.39, 0.29) is 11.4 Å². The zero-order chi connectivity index (χ0) is 16.8. The van der Waals surface area contributed by atoms with Crippen LogP contribution in [-0.2, 0) is 20.4 Å². The highest BCUT2D eigenvalue weighted by atomic mass is 16.5. The number of esters is 1. The number of nitriles is 1. The van der Waals surface area contributed by atoms with Gasteiger partial charge in [0, 0.05) is 11.8 Å². The maximum atomic E-state index is 12.0. The summed E-state index contributed by atoms with van der Waals surface area (Å²) in [7, 11) is 1.43. The van der Waals surface area contributed by atoms with E-state index in [1.165, 1.54) is 7.11 Å². The molecule has 0 spiro atoms. The van der Waals surface area contributed by atoms with Crippen LogP contribution in [0.3, 0.4) is 0 Å². The van der Waals surface area contributed by atoms with E-state index in [0.29, 0.717) is 0 Å². The number of pyridine rings is 1. The van der Waals surface area contributed by atoms with Gasteiger partial charge in [-0.15, -0.1) is 0 Å². The van der Waals surface area contributed by atoms with E-state index in [2.05, 4.69) is 17.1 Å². The van der Waals surface area contributed by atoms with Crippen molar-refractivity contribution in [2.45, 2.75) is 36.5 Å². The fraction of sp³-hybridized carbons (Fsp3) is 0.350. The van der Waals surface area contributed by atoms with Crippen molar-refractivity contribution in [1.82, 2.24) is 4.98 Å².